The van der Waals surface area contributed by atoms with E-state index in [1.54, 1.807) is 20.3 Å². The molecule has 3 aliphatic heterocycles. The Hall–Kier alpha value is -4.28. The molecule has 12 heteroatoms. The van der Waals surface area contributed by atoms with Crippen LogP contribution < -0.4 is 14.5 Å². The minimum Gasteiger partial charge on any atom is -0.462 e. The van der Waals surface area contributed by atoms with Gasteiger partial charge in [0.1, 0.15) is 12.4 Å². The topological polar surface area (TPSA) is 128 Å². The number of hydrogen-bond donors (Lipinski definition) is 1. The number of carbonyl (C=O) groups is 1. The maximum absolute atomic E-state index is 13.1. The van der Waals surface area contributed by atoms with Gasteiger partial charge in [0.15, 0.2) is 5.72 Å². The summed E-state index contributed by atoms with van der Waals surface area (Å²) in [5.74, 6) is 0.311. The summed E-state index contributed by atoms with van der Waals surface area (Å²) in [6.07, 6.45) is 4.44. The summed E-state index contributed by atoms with van der Waals surface area (Å²) in [7, 11) is 5.35. The zero-order valence-corrected chi connectivity index (χ0v) is 28.3. The van der Waals surface area contributed by atoms with Gasteiger partial charge in [-0.1, -0.05) is 36.4 Å². The highest BCUT2D eigenvalue weighted by Gasteiger charge is 2.43. The molecule has 12 nitrogen and oxygen atoms in total. The van der Waals surface area contributed by atoms with Gasteiger partial charge in [-0.3, -0.25) is 9.69 Å². The molecule has 0 radical (unpaired) electrons. The first-order valence-electron chi connectivity index (χ1n) is 16.5. The Kier molecular flexibility index (Phi) is 10.1. The Bertz CT molecular complexity index is 1700. The number of β-amino-alcohol motifs (C(OH)–C–C–N with tert-alkyl or cyclic N) is 1. The molecule has 0 spiro atoms. The highest BCUT2D eigenvalue weighted by atomic mass is 16.5. The number of benzene rings is 2. The maximum Gasteiger partial charge on any atom is 0.318 e. The van der Waals surface area contributed by atoms with Crippen molar-refractivity contribution in [2.24, 2.45) is 0 Å². The van der Waals surface area contributed by atoms with E-state index in [4.69, 9.17) is 24.2 Å². The average molecular weight is 656 g/mol. The van der Waals surface area contributed by atoms with Gasteiger partial charge < -0.3 is 34.0 Å². The minimum atomic E-state index is -1.71. The lowest BCUT2D eigenvalue weighted by Crippen LogP contribution is -2.64. The van der Waals surface area contributed by atoms with Crippen molar-refractivity contribution in [1.29, 1.82) is 5.26 Å². The van der Waals surface area contributed by atoms with Crippen LogP contribution in [0.3, 0.4) is 0 Å². The minimum absolute atomic E-state index is 0.0282. The number of nitriles is 1. The second kappa shape index (κ2) is 14.5. The fraction of sp³-hybridized carbons (Fsp3) is 0.500. The number of amides is 1. The number of fused-ring (bicyclic) bond motifs is 2. The van der Waals surface area contributed by atoms with Gasteiger partial charge in [0, 0.05) is 69.2 Å². The molecule has 48 heavy (non-hydrogen) atoms. The van der Waals surface area contributed by atoms with E-state index in [1.165, 1.54) is 27.3 Å². The smallest absolute Gasteiger partial charge is 0.318 e. The molecule has 2 fully saturated rings. The molecule has 0 bridgehead atoms. The molecule has 3 atom stereocenters. The van der Waals surface area contributed by atoms with Gasteiger partial charge in [-0.15, -0.1) is 0 Å². The number of hydrogen-bond acceptors (Lipinski definition) is 11. The highest BCUT2D eigenvalue weighted by Crippen LogP contribution is 2.37. The molecule has 0 unspecified atom stereocenters. The number of aliphatic hydroxyl groups is 1. The van der Waals surface area contributed by atoms with Gasteiger partial charge in [0.05, 0.1) is 44.0 Å². The summed E-state index contributed by atoms with van der Waals surface area (Å²) in [6.45, 7) is 5.66. The number of methoxy groups -OCH3 is 2. The van der Waals surface area contributed by atoms with Crippen LogP contribution in [0.4, 0.5) is 11.5 Å². The van der Waals surface area contributed by atoms with E-state index in [9.17, 15) is 15.2 Å². The number of piperazine rings is 1. The van der Waals surface area contributed by atoms with E-state index < -0.39 is 5.72 Å². The molecular weight excluding hydrogens is 610 g/mol. The molecule has 2 saturated heterocycles. The van der Waals surface area contributed by atoms with Gasteiger partial charge in [-0.2, -0.15) is 15.2 Å². The fourth-order valence-corrected chi connectivity index (χ4v) is 7.26. The summed E-state index contributed by atoms with van der Waals surface area (Å²) in [4.78, 5) is 31.0. The van der Waals surface area contributed by atoms with Crippen molar-refractivity contribution in [3.05, 3.63) is 65.4 Å². The molecule has 1 amide bonds. The van der Waals surface area contributed by atoms with E-state index in [1.807, 2.05) is 4.90 Å². The maximum atomic E-state index is 13.1. The Balaban J connectivity index is 1.33. The summed E-state index contributed by atoms with van der Waals surface area (Å²) < 4.78 is 17.0. The predicted octanol–water partition coefficient (Wildman–Crippen LogP) is 3.05. The third-order valence-corrected chi connectivity index (χ3v) is 9.83. The Labute approximate surface area is 282 Å². The van der Waals surface area contributed by atoms with Crippen molar-refractivity contribution >= 4 is 28.2 Å². The Morgan fingerprint density at radius 3 is 2.71 bits per heavy atom. The monoisotopic (exact) mass is 655 g/mol. The van der Waals surface area contributed by atoms with E-state index in [2.05, 4.69) is 66.2 Å². The number of ether oxygens (including phenoxy) is 3. The molecule has 3 aliphatic rings. The number of carbonyl (C=O) groups excluding carboxylic acids is 1. The summed E-state index contributed by atoms with van der Waals surface area (Å²) >= 11 is 0. The number of aromatic nitrogens is 2. The standard InChI is InChI=1S/C36H45N7O5/c1-25-8-5-9-26-10-6-11-31(33(25)26)41-16-13-29-30(22-41)38-35(48-23-27-20-28(47-4)21-40(27)2)39-34(29)42-17-18-43(32(44)12-7-19-46-3)36(45,24-42)14-15-37/h5-12,27-28,45H,13-14,16-24H2,1-4H3/b12-7+/t27-,28-,36+/m1/s1. The van der Waals surface area contributed by atoms with Crippen molar-refractivity contribution in [3.8, 4) is 12.1 Å². The van der Waals surface area contributed by atoms with Crippen LogP contribution in [0.25, 0.3) is 10.8 Å². The zero-order valence-electron chi connectivity index (χ0n) is 28.3. The molecule has 0 aliphatic carbocycles. The molecule has 1 aromatic heterocycles. The molecule has 254 valence electrons. The second-order valence-corrected chi connectivity index (χ2v) is 13.0. The number of likely N-dealkylation sites (N-methyl/N-ethyl adjacent to an activating group) is 1. The third kappa shape index (κ3) is 6.82. The molecule has 0 saturated carbocycles. The first-order chi connectivity index (χ1) is 23.2. The van der Waals surface area contributed by atoms with Crippen molar-refractivity contribution < 1.29 is 24.1 Å². The Morgan fingerprint density at radius 1 is 1.15 bits per heavy atom. The number of aryl methyl sites for hydroxylation is 1. The van der Waals surface area contributed by atoms with E-state index in [0.29, 0.717) is 31.9 Å². The summed E-state index contributed by atoms with van der Waals surface area (Å²) in [5.41, 5.74) is 2.54. The second-order valence-electron chi connectivity index (χ2n) is 13.0. The van der Waals surface area contributed by atoms with Crippen molar-refractivity contribution in [1.82, 2.24) is 19.8 Å². The average Bonchev–Trinajstić information content (AvgIpc) is 3.45. The summed E-state index contributed by atoms with van der Waals surface area (Å²) in [6, 6.07) is 15.3. The van der Waals surface area contributed by atoms with Gasteiger partial charge >= 0.3 is 6.01 Å². The van der Waals surface area contributed by atoms with Crippen LogP contribution in [0.15, 0.2) is 48.6 Å². The fourth-order valence-electron chi connectivity index (χ4n) is 7.26. The van der Waals surface area contributed by atoms with Crippen LogP contribution >= 0.6 is 0 Å². The number of likely N-dealkylation sites (tertiary alicyclic amines) is 1. The Morgan fingerprint density at radius 2 is 1.96 bits per heavy atom. The number of rotatable bonds is 10. The zero-order chi connectivity index (χ0) is 33.8. The highest BCUT2D eigenvalue weighted by molar-refractivity contribution is 5.97. The molecule has 4 heterocycles. The van der Waals surface area contributed by atoms with Crippen LogP contribution in [0.5, 0.6) is 6.01 Å². The van der Waals surface area contributed by atoms with Crippen molar-refractivity contribution in [3.63, 3.8) is 0 Å². The first kappa shape index (κ1) is 33.6. The number of nitrogens with zero attached hydrogens (tertiary/aromatic N) is 7. The van der Waals surface area contributed by atoms with Gasteiger partial charge in [0.25, 0.3) is 0 Å². The van der Waals surface area contributed by atoms with Gasteiger partial charge in [-0.05, 0) is 43.8 Å². The predicted molar refractivity (Wildman–Crippen MR) is 183 cm³/mol. The lowest BCUT2D eigenvalue weighted by Gasteiger charge is -2.47. The van der Waals surface area contributed by atoms with E-state index in [0.717, 1.165) is 36.5 Å². The first-order valence-corrected chi connectivity index (χ1v) is 16.5. The lowest BCUT2D eigenvalue weighted by molar-refractivity contribution is -0.155. The van der Waals surface area contributed by atoms with E-state index >= 15 is 0 Å². The lowest BCUT2D eigenvalue weighted by atomic mass is 9.99. The third-order valence-electron chi connectivity index (χ3n) is 9.83. The molecule has 6 rings (SSSR count). The van der Waals surface area contributed by atoms with Gasteiger partial charge in [0.2, 0.25) is 5.91 Å². The van der Waals surface area contributed by atoms with Crippen LogP contribution in [0.2, 0.25) is 0 Å². The molecule has 3 aromatic rings. The number of anilines is 2. The van der Waals surface area contributed by atoms with Crippen LogP contribution in [-0.4, -0.2) is 116 Å². The molecule has 1 N–H and O–H groups in total. The SMILES string of the molecule is COC/C=C/C(=O)N1CCN(c2nc(OC[C@H]3C[C@@H](OC)CN3C)nc3c2CCN(c2cccc4cccc(C)c24)C3)C[C@@]1(O)CC#N. The molecule has 2 aromatic carbocycles. The van der Waals surface area contributed by atoms with Crippen LogP contribution in [0, 0.1) is 18.3 Å². The van der Waals surface area contributed by atoms with Crippen molar-refractivity contribution in [2.75, 3.05) is 77.0 Å². The van der Waals surface area contributed by atoms with Gasteiger partial charge in [-0.25, -0.2) is 0 Å². The van der Waals surface area contributed by atoms with E-state index in [-0.39, 0.29) is 50.2 Å². The normalized spacial score (nSPS) is 23.1. The quantitative estimate of drug-likeness (QED) is 0.324. The van der Waals surface area contributed by atoms with Crippen LogP contribution in [-0.2, 0) is 27.2 Å². The largest absolute Gasteiger partial charge is 0.462 e. The van der Waals surface area contributed by atoms with Crippen molar-refractivity contribution in [2.45, 2.75) is 50.6 Å². The summed E-state index contributed by atoms with van der Waals surface area (Å²) in [5, 5.41) is 23.9. The van der Waals surface area contributed by atoms with Crippen LogP contribution in [0.1, 0.15) is 29.7 Å². The molecular formula is C36H45N7O5.